The van der Waals surface area contributed by atoms with Crippen molar-refractivity contribution in [1.29, 1.82) is 0 Å². The van der Waals surface area contributed by atoms with Crippen LogP contribution >= 0.6 is 0 Å². The van der Waals surface area contributed by atoms with E-state index in [2.05, 4.69) is 19.9 Å². The number of furan rings is 1. The quantitative estimate of drug-likeness (QED) is 0.716. The average molecular weight is 325 g/mol. The molecule has 3 aromatic heterocycles. The second-order valence-electron chi connectivity index (χ2n) is 5.95. The normalized spacial score (nSPS) is 15.2. The van der Waals surface area contributed by atoms with Crippen molar-refractivity contribution in [3.63, 3.8) is 0 Å². The van der Waals surface area contributed by atoms with Crippen molar-refractivity contribution in [3.05, 3.63) is 29.3 Å². The molecule has 1 fully saturated rings. The van der Waals surface area contributed by atoms with E-state index in [4.69, 9.17) is 14.1 Å². The van der Waals surface area contributed by atoms with Crippen LogP contribution in [-0.4, -0.2) is 46.2 Å². The van der Waals surface area contributed by atoms with Gasteiger partial charge in [0.25, 0.3) is 0 Å². The Labute approximate surface area is 139 Å². The van der Waals surface area contributed by atoms with Gasteiger partial charge >= 0.3 is 0 Å². The van der Waals surface area contributed by atoms with Gasteiger partial charge in [0.2, 0.25) is 5.95 Å². The molecule has 7 nitrogen and oxygen atoms in total. The summed E-state index contributed by atoms with van der Waals surface area (Å²) in [5.74, 6) is 2.17. The Balaban J connectivity index is 1.94. The first-order valence-corrected chi connectivity index (χ1v) is 8.04. The number of morpholine rings is 1. The lowest BCUT2D eigenvalue weighted by Gasteiger charge is -2.27. The minimum atomic E-state index is 0.596. The van der Waals surface area contributed by atoms with E-state index in [9.17, 15) is 0 Å². The predicted octanol–water partition coefficient (Wildman–Crippen LogP) is 2.44. The van der Waals surface area contributed by atoms with Crippen molar-refractivity contribution in [2.24, 2.45) is 0 Å². The lowest BCUT2D eigenvalue weighted by Crippen LogP contribution is -2.37. The predicted molar refractivity (Wildman–Crippen MR) is 90.1 cm³/mol. The molecule has 3 aromatic rings. The summed E-state index contributed by atoms with van der Waals surface area (Å²) in [4.78, 5) is 20.8. The van der Waals surface area contributed by atoms with E-state index in [1.807, 2.05) is 32.9 Å². The van der Waals surface area contributed by atoms with Crippen molar-refractivity contribution < 1.29 is 9.15 Å². The fraction of sp³-hybridized carbons (Fsp3) is 0.412. The monoisotopic (exact) mass is 325 g/mol. The number of hydrogen-bond donors (Lipinski definition) is 0. The molecule has 0 N–H and O–H groups in total. The summed E-state index contributed by atoms with van der Waals surface area (Å²) in [6, 6.07) is 3.84. The molecule has 0 spiro atoms. The van der Waals surface area contributed by atoms with Gasteiger partial charge in [-0.15, -0.1) is 0 Å². The van der Waals surface area contributed by atoms with Crippen LogP contribution < -0.4 is 4.90 Å². The van der Waals surface area contributed by atoms with E-state index in [1.165, 1.54) is 0 Å². The first kappa shape index (κ1) is 15.0. The highest BCUT2D eigenvalue weighted by Crippen LogP contribution is 2.28. The Morgan fingerprint density at radius 1 is 0.917 bits per heavy atom. The highest BCUT2D eigenvalue weighted by molar-refractivity contribution is 5.86. The van der Waals surface area contributed by atoms with Gasteiger partial charge in [0.05, 0.1) is 24.6 Å². The van der Waals surface area contributed by atoms with E-state index in [1.54, 1.807) is 0 Å². The van der Waals surface area contributed by atoms with Crippen LogP contribution in [0, 0.1) is 20.8 Å². The summed E-state index contributed by atoms with van der Waals surface area (Å²) >= 11 is 0. The third kappa shape index (κ3) is 2.60. The number of hydrogen-bond acceptors (Lipinski definition) is 7. The number of fused-ring (bicyclic) bond motifs is 1. The van der Waals surface area contributed by atoms with Crippen LogP contribution in [0.4, 0.5) is 5.95 Å². The molecule has 4 heterocycles. The summed E-state index contributed by atoms with van der Waals surface area (Å²) in [5, 5.41) is 0. The van der Waals surface area contributed by atoms with Crippen molar-refractivity contribution in [1.82, 2.24) is 19.9 Å². The standard InChI is InChI=1S/C17H19N5O2/c1-10-4-5-13(24-10)14-15-16(19-12(3)11(2)18-15)21-17(20-14)22-6-8-23-9-7-22/h4-5H,6-9H2,1-3H3. The molecule has 0 bridgehead atoms. The van der Waals surface area contributed by atoms with Gasteiger partial charge in [-0.05, 0) is 32.9 Å². The SMILES string of the molecule is Cc1ccc(-c2nc(N3CCOCC3)nc3nc(C)c(C)nc23)o1. The van der Waals surface area contributed by atoms with Gasteiger partial charge in [-0.2, -0.15) is 4.98 Å². The number of rotatable bonds is 2. The first-order chi connectivity index (χ1) is 11.6. The number of anilines is 1. The molecule has 7 heteroatoms. The van der Waals surface area contributed by atoms with E-state index in [0.717, 1.165) is 30.2 Å². The Hall–Kier alpha value is -2.54. The fourth-order valence-corrected chi connectivity index (χ4v) is 2.74. The number of nitrogens with zero attached hydrogens (tertiary/aromatic N) is 5. The molecule has 1 aliphatic rings. The minimum absolute atomic E-state index is 0.596. The van der Waals surface area contributed by atoms with Crippen molar-refractivity contribution in [3.8, 4) is 11.5 Å². The smallest absolute Gasteiger partial charge is 0.228 e. The van der Waals surface area contributed by atoms with Crippen molar-refractivity contribution in [2.75, 3.05) is 31.2 Å². The molecule has 4 rings (SSSR count). The maximum Gasteiger partial charge on any atom is 0.228 e. The summed E-state index contributed by atoms with van der Waals surface area (Å²) in [5.41, 5.74) is 3.69. The summed E-state index contributed by atoms with van der Waals surface area (Å²) in [6.45, 7) is 8.67. The third-order valence-corrected chi connectivity index (χ3v) is 4.20. The molecule has 0 aromatic carbocycles. The molecule has 1 aliphatic heterocycles. The molecule has 1 saturated heterocycles. The Morgan fingerprint density at radius 2 is 1.67 bits per heavy atom. The van der Waals surface area contributed by atoms with Crippen LogP contribution in [0.5, 0.6) is 0 Å². The lowest BCUT2D eigenvalue weighted by molar-refractivity contribution is 0.122. The average Bonchev–Trinajstić information content (AvgIpc) is 3.02. The van der Waals surface area contributed by atoms with Crippen LogP contribution in [0.25, 0.3) is 22.6 Å². The third-order valence-electron chi connectivity index (χ3n) is 4.20. The topological polar surface area (TPSA) is 77.2 Å². The Bertz CT molecular complexity index is 899. The van der Waals surface area contributed by atoms with Gasteiger partial charge in [0.15, 0.2) is 11.4 Å². The maximum absolute atomic E-state index is 5.79. The van der Waals surface area contributed by atoms with Crippen molar-refractivity contribution in [2.45, 2.75) is 20.8 Å². The number of ether oxygens (including phenoxy) is 1. The summed E-state index contributed by atoms with van der Waals surface area (Å²) in [7, 11) is 0. The highest BCUT2D eigenvalue weighted by Gasteiger charge is 2.20. The zero-order valence-corrected chi connectivity index (χ0v) is 14.0. The van der Waals surface area contributed by atoms with Crippen LogP contribution in [0.3, 0.4) is 0 Å². The number of aryl methyl sites for hydroxylation is 3. The van der Waals surface area contributed by atoms with Gasteiger partial charge in [0, 0.05) is 13.1 Å². The van der Waals surface area contributed by atoms with Crippen LogP contribution in [0.1, 0.15) is 17.1 Å². The van der Waals surface area contributed by atoms with Gasteiger partial charge in [-0.1, -0.05) is 0 Å². The highest BCUT2D eigenvalue weighted by atomic mass is 16.5. The second-order valence-corrected chi connectivity index (χ2v) is 5.95. The van der Waals surface area contributed by atoms with Gasteiger partial charge in [0.1, 0.15) is 17.0 Å². The summed E-state index contributed by atoms with van der Waals surface area (Å²) < 4.78 is 11.2. The zero-order valence-electron chi connectivity index (χ0n) is 14.0. The second kappa shape index (κ2) is 5.83. The fourth-order valence-electron chi connectivity index (χ4n) is 2.74. The summed E-state index contributed by atoms with van der Waals surface area (Å²) in [6.07, 6.45) is 0. The molecule has 0 saturated carbocycles. The van der Waals surface area contributed by atoms with Crippen LogP contribution in [0.15, 0.2) is 16.5 Å². The largest absolute Gasteiger partial charge is 0.460 e. The lowest BCUT2D eigenvalue weighted by atomic mass is 10.2. The molecular formula is C17H19N5O2. The van der Waals surface area contributed by atoms with E-state index >= 15 is 0 Å². The van der Waals surface area contributed by atoms with E-state index in [-0.39, 0.29) is 0 Å². The molecule has 0 aliphatic carbocycles. The van der Waals surface area contributed by atoms with E-state index < -0.39 is 0 Å². The van der Waals surface area contributed by atoms with Crippen molar-refractivity contribution >= 4 is 17.1 Å². The minimum Gasteiger partial charge on any atom is -0.460 e. The molecule has 0 atom stereocenters. The number of aromatic nitrogens is 4. The Morgan fingerprint density at radius 3 is 2.38 bits per heavy atom. The van der Waals surface area contributed by atoms with E-state index in [0.29, 0.717) is 41.8 Å². The molecule has 24 heavy (non-hydrogen) atoms. The van der Waals surface area contributed by atoms with Crippen LogP contribution in [-0.2, 0) is 4.74 Å². The molecular weight excluding hydrogens is 306 g/mol. The zero-order chi connectivity index (χ0) is 16.7. The van der Waals surface area contributed by atoms with Gasteiger partial charge < -0.3 is 14.1 Å². The Kier molecular flexibility index (Phi) is 3.65. The molecule has 0 radical (unpaired) electrons. The molecule has 124 valence electrons. The first-order valence-electron chi connectivity index (χ1n) is 8.04. The van der Waals surface area contributed by atoms with Gasteiger partial charge in [-0.3, -0.25) is 0 Å². The molecule has 0 unspecified atom stereocenters. The molecule has 0 amide bonds. The van der Waals surface area contributed by atoms with Gasteiger partial charge in [-0.25, -0.2) is 15.0 Å². The van der Waals surface area contributed by atoms with Crippen LogP contribution in [0.2, 0.25) is 0 Å². The maximum atomic E-state index is 5.79.